The Hall–Kier alpha value is -2.62. The first kappa shape index (κ1) is 23.7. The summed E-state index contributed by atoms with van der Waals surface area (Å²) in [5.74, 6) is -0.0967. The van der Waals surface area contributed by atoms with Crippen LogP contribution in [-0.4, -0.2) is 28.8 Å². The molecule has 1 N–H and O–H groups in total. The van der Waals surface area contributed by atoms with Crippen molar-refractivity contribution < 1.29 is 9.59 Å². The molecule has 0 bridgehead atoms. The van der Waals surface area contributed by atoms with Crippen molar-refractivity contribution in [1.29, 1.82) is 0 Å². The van der Waals surface area contributed by atoms with Gasteiger partial charge in [0.25, 0.3) is 0 Å². The number of carbonyl (C=O) groups is 2. The highest BCUT2D eigenvalue weighted by Gasteiger charge is 2.26. The lowest BCUT2D eigenvalue weighted by atomic mass is 10.0. The Morgan fingerprint density at radius 1 is 0.967 bits per heavy atom. The van der Waals surface area contributed by atoms with Crippen molar-refractivity contribution >= 4 is 11.8 Å². The van der Waals surface area contributed by atoms with E-state index in [0.717, 1.165) is 29.5 Å². The van der Waals surface area contributed by atoms with Crippen molar-refractivity contribution in [3.8, 4) is 0 Å². The largest absolute Gasteiger partial charge is 0.352 e. The van der Waals surface area contributed by atoms with E-state index in [1.54, 1.807) is 4.90 Å². The molecule has 2 atom stereocenters. The molecule has 0 saturated carbocycles. The van der Waals surface area contributed by atoms with Crippen LogP contribution in [0.5, 0.6) is 0 Å². The summed E-state index contributed by atoms with van der Waals surface area (Å²) in [5.41, 5.74) is 4.63. The minimum absolute atomic E-state index is 0.00266. The lowest BCUT2D eigenvalue weighted by molar-refractivity contribution is -0.140. The molecule has 30 heavy (non-hydrogen) atoms. The molecule has 0 aliphatic carbocycles. The third kappa shape index (κ3) is 7.01. The third-order valence-electron chi connectivity index (χ3n) is 5.66. The van der Waals surface area contributed by atoms with E-state index in [9.17, 15) is 9.59 Å². The van der Waals surface area contributed by atoms with E-state index in [2.05, 4.69) is 42.6 Å². The van der Waals surface area contributed by atoms with Crippen molar-refractivity contribution in [2.24, 2.45) is 0 Å². The first-order valence-electron chi connectivity index (χ1n) is 11.1. The standard InChI is InChI=1S/C26H36N2O2/c1-6-20(4)27-26(30)21(5)28(18-24-10-8-9-19(3)17-24)25(29)16-15-23-13-11-22(7-2)12-14-23/h8-14,17,20-21H,6-7,15-16,18H2,1-5H3,(H,27,30). The van der Waals surface area contributed by atoms with E-state index < -0.39 is 6.04 Å². The van der Waals surface area contributed by atoms with Crippen LogP contribution >= 0.6 is 0 Å². The molecule has 2 aromatic carbocycles. The third-order valence-corrected chi connectivity index (χ3v) is 5.66. The zero-order chi connectivity index (χ0) is 22.1. The lowest BCUT2D eigenvalue weighted by Crippen LogP contribution is -2.49. The van der Waals surface area contributed by atoms with Gasteiger partial charge in [-0.3, -0.25) is 9.59 Å². The number of aryl methyl sites for hydroxylation is 3. The molecule has 2 amide bonds. The maximum atomic E-state index is 13.2. The average molecular weight is 409 g/mol. The van der Waals surface area contributed by atoms with E-state index >= 15 is 0 Å². The van der Waals surface area contributed by atoms with Gasteiger partial charge in [-0.2, -0.15) is 0 Å². The quantitative estimate of drug-likeness (QED) is 0.613. The van der Waals surface area contributed by atoms with Crippen LogP contribution in [0.15, 0.2) is 48.5 Å². The second kappa shape index (κ2) is 11.5. The highest BCUT2D eigenvalue weighted by molar-refractivity contribution is 5.87. The average Bonchev–Trinajstić information content (AvgIpc) is 2.75. The molecule has 4 heteroatoms. The maximum absolute atomic E-state index is 13.2. The van der Waals surface area contributed by atoms with Gasteiger partial charge in [-0.1, -0.05) is 67.9 Å². The van der Waals surface area contributed by atoms with Gasteiger partial charge in [0.05, 0.1) is 0 Å². The topological polar surface area (TPSA) is 49.4 Å². The number of nitrogens with zero attached hydrogens (tertiary/aromatic N) is 1. The summed E-state index contributed by atoms with van der Waals surface area (Å²) in [5, 5.41) is 3.02. The van der Waals surface area contributed by atoms with Gasteiger partial charge in [-0.05, 0) is 56.7 Å². The fraction of sp³-hybridized carbons (Fsp3) is 0.462. The van der Waals surface area contributed by atoms with Gasteiger partial charge < -0.3 is 10.2 Å². The Morgan fingerprint density at radius 3 is 2.23 bits per heavy atom. The number of hydrogen-bond donors (Lipinski definition) is 1. The van der Waals surface area contributed by atoms with Crippen molar-refractivity contribution in [2.45, 2.75) is 78.9 Å². The number of benzene rings is 2. The molecule has 0 spiro atoms. The van der Waals surface area contributed by atoms with Crippen molar-refractivity contribution in [1.82, 2.24) is 10.2 Å². The molecular formula is C26H36N2O2. The van der Waals surface area contributed by atoms with Gasteiger partial charge >= 0.3 is 0 Å². The fourth-order valence-corrected chi connectivity index (χ4v) is 3.39. The molecule has 0 aliphatic rings. The van der Waals surface area contributed by atoms with Crippen molar-refractivity contribution in [3.63, 3.8) is 0 Å². The summed E-state index contributed by atoms with van der Waals surface area (Å²) < 4.78 is 0. The maximum Gasteiger partial charge on any atom is 0.242 e. The van der Waals surface area contributed by atoms with Gasteiger partial charge in [0.2, 0.25) is 11.8 Å². The van der Waals surface area contributed by atoms with Gasteiger partial charge in [0.15, 0.2) is 0 Å². The summed E-state index contributed by atoms with van der Waals surface area (Å²) in [6.45, 7) is 10.4. The van der Waals surface area contributed by atoms with Gasteiger partial charge in [0.1, 0.15) is 6.04 Å². The molecule has 0 aromatic heterocycles. The molecule has 0 aliphatic heterocycles. The van der Waals surface area contributed by atoms with E-state index in [1.165, 1.54) is 5.56 Å². The molecule has 0 fully saturated rings. The first-order valence-corrected chi connectivity index (χ1v) is 11.1. The predicted octanol–water partition coefficient (Wildman–Crippen LogP) is 4.82. The van der Waals surface area contributed by atoms with Crippen molar-refractivity contribution in [2.75, 3.05) is 0 Å². The second-order valence-corrected chi connectivity index (χ2v) is 8.17. The molecule has 0 radical (unpaired) electrons. The molecule has 2 aromatic rings. The van der Waals surface area contributed by atoms with Crippen LogP contribution < -0.4 is 5.32 Å². The highest BCUT2D eigenvalue weighted by atomic mass is 16.2. The Labute approximate surface area is 181 Å². The number of nitrogens with one attached hydrogen (secondary N) is 1. The zero-order valence-electron chi connectivity index (χ0n) is 19.1. The number of rotatable bonds is 10. The van der Waals surface area contributed by atoms with Crippen LogP contribution in [0.2, 0.25) is 0 Å². The normalized spacial score (nSPS) is 12.8. The summed E-state index contributed by atoms with van der Waals surface area (Å²) in [6.07, 6.45) is 2.93. The lowest BCUT2D eigenvalue weighted by Gasteiger charge is -2.30. The predicted molar refractivity (Wildman–Crippen MR) is 123 cm³/mol. The highest BCUT2D eigenvalue weighted by Crippen LogP contribution is 2.15. The molecule has 0 saturated heterocycles. The van der Waals surface area contributed by atoms with Crippen LogP contribution in [0.1, 0.15) is 62.8 Å². The summed E-state index contributed by atoms with van der Waals surface area (Å²) in [6, 6.07) is 16.1. The van der Waals surface area contributed by atoms with E-state index in [1.807, 2.05) is 45.9 Å². The first-order chi connectivity index (χ1) is 14.3. The number of carbonyl (C=O) groups excluding carboxylic acids is 2. The Kier molecular flexibility index (Phi) is 9.10. The Balaban J connectivity index is 2.13. The van der Waals surface area contributed by atoms with Crippen LogP contribution in [0.3, 0.4) is 0 Å². The molecule has 162 valence electrons. The number of amides is 2. The van der Waals surface area contributed by atoms with Crippen LogP contribution in [0, 0.1) is 6.92 Å². The Bertz CT molecular complexity index is 829. The summed E-state index contributed by atoms with van der Waals surface area (Å²) in [4.78, 5) is 27.6. The van der Waals surface area contributed by atoms with E-state index in [0.29, 0.717) is 19.4 Å². The smallest absolute Gasteiger partial charge is 0.242 e. The van der Waals surface area contributed by atoms with E-state index in [4.69, 9.17) is 0 Å². The Morgan fingerprint density at radius 2 is 1.63 bits per heavy atom. The molecule has 2 unspecified atom stereocenters. The van der Waals surface area contributed by atoms with Crippen LogP contribution in [-0.2, 0) is 29.0 Å². The van der Waals surface area contributed by atoms with Gasteiger partial charge in [0, 0.05) is 19.0 Å². The molecule has 0 heterocycles. The van der Waals surface area contributed by atoms with Crippen LogP contribution in [0.4, 0.5) is 0 Å². The van der Waals surface area contributed by atoms with E-state index in [-0.39, 0.29) is 17.9 Å². The van der Waals surface area contributed by atoms with Crippen LogP contribution in [0.25, 0.3) is 0 Å². The minimum Gasteiger partial charge on any atom is -0.352 e. The molecular weight excluding hydrogens is 372 g/mol. The zero-order valence-corrected chi connectivity index (χ0v) is 19.1. The molecule has 4 nitrogen and oxygen atoms in total. The molecule has 2 rings (SSSR count). The minimum atomic E-state index is -0.519. The summed E-state index contributed by atoms with van der Waals surface area (Å²) >= 11 is 0. The van der Waals surface area contributed by atoms with Gasteiger partial charge in [-0.25, -0.2) is 0 Å². The number of hydrogen-bond acceptors (Lipinski definition) is 2. The van der Waals surface area contributed by atoms with Crippen molar-refractivity contribution in [3.05, 3.63) is 70.8 Å². The monoisotopic (exact) mass is 408 g/mol. The fourth-order valence-electron chi connectivity index (χ4n) is 3.39. The second-order valence-electron chi connectivity index (χ2n) is 8.17. The SMILES string of the molecule is CCc1ccc(CCC(=O)N(Cc2cccc(C)c2)C(C)C(=O)NC(C)CC)cc1. The van der Waals surface area contributed by atoms with Gasteiger partial charge in [-0.15, -0.1) is 0 Å². The summed E-state index contributed by atoms with van der Waals surface area (Å²) in [7, 11) is 0.